The van der Waals surface area contributed by atoms with Gasteiger partial charge in [-0.1, -0.05) is 29.8 Å². The SMILES string of the molecule is O=C(O)C(F)(F)F.O=C(O)C(F)(F)F.O=C(c1cnc2ccccc2c1)N1CCCn2nnc(CN3CCCCC3)c2C1. The van der Waals surface area contributed by atoms with Gasteiger partial charge < -0.3 is 15.1 Å². The minimum absolute atomic E-state index is 0.0295. The molecule has 0 atom stereocenters. The van der Waals surface area contributed by atoms with Gasteiger partial charge >= 0.3 is 24.3 Å². The standard InChI is InChI=1S/C22H26N6O.2C2HF3O2/c29-22(18-13-17-7-2-3-8-19(17)23-14-18)27-11-6-12-28-21(16-27)20(24-25-28)15-26-9-4-1-5-10-26;2*3-2(4,5)1(6)7/h2-3,7-8,13-14H,1,4-6,9-12,15-16H2;2*(H,6,7). The molecule has 0 saturated carbocycles. The number of benzene rings is 1. The number of para-hydroxylation sites is 1. The fourth-order valence-electron chi connectivity index (χ4n) is 4.39. The van der Waals surface area contributed by atoms with Gasteiger partial charge in [-0.2, -0.15) is 26.3 Å². The van der Waals surface area contributed by atoms with Crippen molar-refractivity contribution < 1.29 is 50.9 Å². The van der Waals surface area contributed by atoms with Crippen LogP contribution in [0, 0.1) is 0 Å². The highest BCUT2D eigenvalue weighted by Gasteiger charge is 2.39. The summed E-state index contributed by atoms with van der Waals surface area (Å²) in [5.74, 6) is -5.48. The van der Waals surface area contributed by atoms with Crippen molar-refractivity contribution in [2.24, 2.45) is 0 Å². The molecule has 4 heterocycles. The van der Waals surface area contributed by atoms with E-state index in [1.54, 1.807) is 6.20 Å². The minimum atomic E-state index is -5.08. The molecule has 0 radical (unpaired) electrons. The van der Waals surface area contributed by atoms with Crippen molar-refractivity contribution in [2.75, 3.05) is 19.6 Å². The second-order valence-electron chi connectivity index (χ2n) is 9.65. The lowest BCUT2D eigenvalue weighted by molar-refractivity contribution is -0.193. The summed E-state index contributed by atoms with van der Waals surface area (Å²) in [5, 5.41) is 24.1. The molecule has 2 aliphatic rings. The number of carbonyl (C=O) groups excluding carboxylic acids is 1. The number of carboxylic acid groups (broad SMARTS) is 2. The van der Waals surface area contributed by atoms with Crippen molar-refractivity contribution in [3.63, 3.8) is 0 Å². The third kappa shape index (κ3) is 9.62. The van der Waals surface area contributed by atoms with E-state index >= 15 is 0 Å². The number of aliphatic carboxylic acids is 2. The van der Waals surface area contributed by atoms with E-state index in [4.69, 9.17) is 19.8 Å². The Morgan fingerprint density at radius 1 is 0.837 bits per heavy atom. The monoisotopic (exact) mass is 618 g/mol. The normalized spacial score (nSPS) is 15.7. The molecule has 2 N–H and O–H groups in total. The number of carbonyl (C=O) groups is 3. The molecule has 43 heavy (non-hydrogen) atoms. The van der Waals surface area contributed by atoms with Crippen LogP contribution in [0.15, 0.2) is 36.5 Å². The predicted octanol–water partition coefficient (Wildman–Crippen LogP) is 4.12. The van der Waals surface area contributed by atoms with Crippen LogP contribution >= 0.6 is 0 Å². The average Bonchev–Trinajstić information content (AvgIpc) is 3.18. The number of hydrogen-bond acceptors (Lipinski definition) is 7. The molecule has 1 aromatic carbocycles. The third-order valence-electron chi connectivity index (χ3n) is 6.49. The summed E-state index contributed by atoms with van der Waals surface area (Å²) < 4.78 is 65.5. The number of amides is 1. The molecule has 1 fully saturated rings. The first-order chi connectivity index (χ1) is 20.2. The molecule has 1 saturated heterocycles. The molecule has 0 unspecified atom stereocenters. The molecule has 3 aromatic rings. The Morgan fingerprint density at radius 2 is 1.44 bits per heavy atom. The number of nitrogens with zero attached hydrogens (tertiary/aromatic N) is 6. The van der Waals surface area contributed by atoms with Crippen molar-refractivity contribution in [1.82, 2.24) is 29.8 Å². The summed E-state index contributed by atoms with van der Waals surface area (Å²) in [6, 6.07) is 9.84. The lowest BCUT2D eigenvalue weighted by Gasteiger charge is -2.26. The van der Waals surface area contributed by atoms with Crippen molar-refractivity contribution in [2.45, 2.75) is 57.7 Å². The fourth-order valence-corrected chi connectivity index (χ4v) is 4.39. The highest BCUT2D eigenvalue weighted by atomic mass is 19.4. The van der Waals surface area contributed by atoms with Gasteiger partial charge in [-0.05, 0) is 44.5 Å². The van der Waals surface area contributed by atoms with Crippen LogP contribution in [0.3, 0.4) is 0 Å². The molecule has 5 rings (SSSR count). The van der Waals surface area contributed by atoms with Gasteiger partial charge in [-0.15, -0.1) is 5.10 Å². The van der Waals surface area contributed by atoms with Crippen LogP contribution < -0.4 is 0 Å². The Labute approximate surface area is 240 Å². The van der Waals surface area contributed by atoms with Gasteiger partial charge in [0.15, 0.2) is 0 Å². The van der Waals surface area contributed by atoms with Gasteiger partial charge in [-0.25, -0.2) is 14.3 Å². The zero-order valence-corrected chi connectivity index (χ0v) is 22.6. The fraction of sp³-hybridized carbons (Fsp3) is 0.462. The van der Waals surface area contributed by atoms with E-state index in [1.807, 2.05) is 39.9 Å². The first-order valence-corrected chi connectivity index (χ1v) is 13.0. The Bertz CT molecular complexity index is 1400. The third-order valence-corrected chi connectivity index (χ3v) is 6.49. The van der Waals surface area contributed by atoms with Gasteiger partial charge in [0, 0.05) is 31.2 Å². The first-order valence-electron chi connectivity index (χ1n) is 13.0. The molecular formula is C26H28F6N6O5. The lowest BCUT2D eigenvalue weighted by atomic mass is 10.1. The zero-order chi connectivity index (χ0) is 31.8. The second kappa shape index (κ2) is 14.3. The second-order valence-corrected chi connectivity index (χ2v) is 9.65. The average molecular weight is 619 g/mol. The Kier molecular flexibility index (Phi) is 11.0. The van der Waals surface area contributed by atoms with Crippen molar-refractivity contribution >= 4 is 28.7 Å². The van der Waals surface area contributed by atoms with E-state index in [2.05, 4.69) is 20.2 Å². The number of piperidine rings is 1. The zero-order valence-electron chi connectivity index (χ0n) is 22.6. The first kappa shape index (κ1) is 33.2. The van der Waals surface area contributed by atoms with Crippen molar-refractivity contribution in [3.05, 3.63) is 53.5 Å². The van der Waals surface area contributed by atoms with Crippen molar-refractivity contribution in [3.8, 4) is 0 Å². The number of hydrogen-bond donors (Lipinski definition) is 2. The van der Waals surface area contributed by atoms with Gasteiger partial charge in [0.1, 0.15) is 5.69 Å². The predicted molar refractivity (Wildman–Crippen MR) is 138 cm³/mol. The number of aryl methyl sites for hydroxylation is 1. The lowest BCUT2D eigenvalue weighted by Crippen LogP contribution is -2.32. The summed E-state index contributed by atoms with van der Waals surface area (Å²) in [6.07, 6.45) is -3.77. The van der Waals surface area contributed by atoms with Crippen LogP contribution in [0.5, 0.6) is 0 Å². The molecule has 2 aromatic heterocycles. The van der Waals surface area contributed by atoms with Crippen molar-refractivity contribution in [1.29, 1.82) is 0 Å². The van der Waals surface area contributed by atoms with E-state index < -0.39 is 24.3 Å². The quantitative estimate of drug-likeness (QED) is 0.415. The highest BCUT2D eigenvalue weighted by molar-refractivity contribution is 5.97. The number of likely N-dealkylation sites (tertiary alicyclic amines) is 1. The van der Waals surface area contributed by atoms with Crippen LogP contribution in [0.4, 0.5) is 26.3 Å². The molecule has 0 spiro atoms. The Morgan fingerprint density at radius 3 is 2.05 bits per heavy atom. The number of carboxylic acids is 2. The largest absolute Gasteiger partial charge is 0.490 e. The van der Waals surface area contributed by atoms with Crippen LogP contribution in [-0.2, 0) is 29.2 Å². The number of halogens is 6. The van der Waals surface area contributed by atoms with Crippen LogP contribution in [-0.4, -0.2) is 89.8 Å². The summed E-state index contributed by atoms with van der Waals surface area (Å²) >= 11 is 0. The molecule has 0 aliphatic carbocycles. The topological polar surface area (TPSA) is 142 Å². The molecule has 17 heteroatoms. The molecule has 11 nitrogen and oxygen atoms in total. The Hall–Kier alpha value is -4.28. The Balaban J connectivity index is 0.000000303. The summed E-state index contributed by atoms with van der Waals surface area (Å²) in [5.41, 5.74) is 3.65. The maximum Gasteiger partial charge on any atom is 0.490 e. The maximum absolute atomic E-state index is 13.3. The van der Waals surface area contributed by atoms with Crippen LogP contribution in [0.25, 0.3) is 10.9 Å². The van der Waals surface area contributed by atoms with E-state index in [1.165, 1.54) is 19.3 Å². The van der Waals surface area contributed by atoms with Crippen LogP contribution in [0.1, 0.15) is 47.4 Å². The van der Waals surface area contributed by atoms with Gasteiger partial charge in [0.25, 0.3) is 5.91 Å². The minimum Gasteiger partial charge on any atom is -0.475 e. The number of alkyl halides is 6. The summed E-state index contributed by atoms with van der Waals surface area (Å²) in [7, 11) is 0. The molecule has 1 amide bonds. The maximum atomic E-state index is 13.3. The molecular weight excluding hydrogens is 590 g/mol. The van der Waals surface area contributed by atoms with E-state index in [-0.39, 0.29) is 5.91 Å². The van der Waals surface area contributed by atoms with Crippen LogP contribution in [0.2, 0.25) is 0 Å². The molecule has 234 valence electrons. The summed E-state index contributed by atoms with van der Waals surface area (Å²) in [4.78, 5) is 39.9. The number of aromatic nitrogens is 4. The smallest absolute Gasteiger partial charge is 0.475 e. The van der Waals surface area contributed by atoms with E-state index in [9.17, 15) is 31.1 Å². The number of rotatable bonds is 3. The highest BCUT2D eigenvalue weighted by Crippen LogP contribution is 2.21. The van der Waals surface area contributed by atoms with Gasteiger partial charge in [-0.3, -0.25) is 14.7 Å². The number of pyridine rings is 1. The van der Waals surface area contributed by atoms with E-state index in [0.29, 0.717) is 12.1 Å². The molecule has 0 bridgehead atoms. The molecule has 2 aliphatic heterocycles. The summed E-state index contributed by atoms with van der Waals surface area (Å²) in [6.45, 7) is 5.16. The van der Waals surface area contributed by atoms with Gasteiger partial charge in [0.2, 0.25) is 0 Å². The van der Waals surface area contributed by atoms with Gasteiger partial charge in [0.05, 0.1) is 23.3 Å². The number of fused-ring (bicyclic) bond motifs is 2. The van der Waals surface area contributed by atoms with E-state index in [0.717, 1.165) is 61.4 Å².